The Hall–Kier alpha value is -2.07. The van der Waals surface area contributed by atoms with Gasteiger partial charge < -0.3 is 9.64 Å². The Morgan fingerprint density at radius 2 is 1.97 bits per heavy atom. The largest absolute Gasteiger partial charge is 0.471 e. The van der Waals surface area contributed by atoms with Crippen molar-refractivity contribution < 1.29 is 21.9 Å². The number of hydrogen-bond donors (Lipinski definition) is 0. The first-order valence-corrected chi connectivity index (χ1v) is 11.6. The van der Waals surface area contributed by atoms with Crippen LogP contribution in [0.1, 0.15) is 6.42 Å². The number of rotatable bonds is 6. The van der Waals surface area contributed by atoms with E-state index in [1.54, 1.807) is 0 Å². The second kappa shape index (κ2) is 8.35. The molecule has 0 bridgehead atoms. The number of fused-ring (bicyclic) bond motifs is 1. The number of aromatic nitrogens is 2. The lowest BCUT2D eigenvalue weighted by molar-refractivity contribution is 0.0804. The Morgan fingerprint density at radius 3 is 2.66 bits per heavy atom. The first-order chi connectivity index (χ1) is 13.9. The Morgan fingerprint density at radius 1 is 1.17 bits per heavy atom. The summed E-state index contributed by atoms with van der Waals surface area (Å²) >= 11 is 0. The molecule has 1 unspecified atom stereocenters. The predicted octanol–water partition coefficient (Wildman–Crippen LogP) is 1.83. The number of alkyl halides is 2. The van der Waals surface area contributed by atoms with Crippen LogP contribution in [0.25, 0.3) is 10.9 Å². The highest BCUT2D eigenvalue weighted by Gasteiger charge is 2.30. The van der Waals surface area contributed by atoms with Crippen LogP contribution in [0, 0.1) is 5.92 Å². The molecule has 7 nitrogen and oxygen atoms in total. The molecule has 29 heavy (non-hydrogen) atoms. The maximum absolute atomic E-state index is 12.5. The third kappa shape index (κ3) is 4.92. The van der Waals surface area contributed by atoms with E-state index in [1.807, 2.05) is 18.2 Å². The zero-order chi connectivity index (χ0) is 20.4. The van der Waals surface area contributed by atoms with Gasteiger partial charge in [-0.2, -0.15) is 0 Å². The Bertz CT molecular complexity index is 965. The van der Waals surface area contributed by atoms with Gasteiger partial charge in [0, 0.05) is 38.4 Å². The number of ether oxygens (including phenoxy) is 1. The molecule has 158 valence electrons. The lowest BCUT2D eigenvalue weighted by Gasteiger charge is -2.37. The van der Waals surface area contributed by atoms with E-state index >= 15 is 0 Å². The van der Waals surface area contributed by atoms with Crippen LogP contribution < -0.4 is 9.64 Å². The van der Waals surface area contributed by atoms with Crippen LogP contribution in [0.5, 0.6) is 5.88 Å². The van der Waals surface area contributed by atoms with Crippen molar-refractivity contribution in [2.75, 3.05) is 55.7 Å². The molecule has 0 amide bonds. The van der Waals surface area contributed by atoms with E-state index in [0.717, 1.165) is 44.8 Å². The molecule has 0 N–H and O–H groups in total. The molecule has 0 saturated carbocycles. The van der Waals surface area contributed by atoms with Crippen molar-refractivity contribution in [2.24, 2.45) is 5.92 Å². The summed E-state index contributed by atoms with van der Waals surface area (Å²) in [7, 11) is -2.84. The second-order valence-electron chi connectivity index (χ2n) is 7.64. The van der Waals surface area contributed by atoms with Gasteiger partial charge in [-0.3, -0.25) is 4.90 Å². The molecule has 1 aromatic heterocycles. The van der Waals surface area contributed by atoms with E-state index in [-0.39, 0.29) is 11.8 Å². The highest BCUT2D eigenvalue weighted by atomic mass is 32.2. The maximum atomic E-state index is 12.5. The minimum Gasteiger partial charge on any atom is -0.471 e. The fourth-order valence-corrected chi connectivity index (χ4v) is 5.89. The zero-order valence-electron chi connectivity index (χ0n) is 16.0. The van der Waals surface area contributed by atoms with Crippen LogP contribution in [0.4, 0.5) is 14.5 Å². The van der Waals surface area contributed by atoms with E-state index in [2.05, 4.69) is 19.8 Å². The fourth-order valence-electron chi connectivity index (χ4n) is 4.04. The number of halogens is 2. The van der Waals surface area contributed by atoms with Crippen LogP contribution in [0.15, 0.2) is 24.5 Å². The van der Waals surface area contributed by atoms with E-state index < -0.39 is 22.9 Å². The molecule has 0 spiro atoms. The average Bonchev–Trinajstić information content (AvgIpc) is 3.04. The van der Waals surface area contributed by atoms with Gasteiger partial charge in [0.05, 0.1) is 22.4 Å². The quantitative estimate of drug-likeness (QED) is 0.698. The normalized spacial score (nSPS) is 22.4. The lowest BCUT2D eigenvalue weighted by Crippen LogP contribution is -2.48. The first-order valence-electron chi connectivity index (χ1n) is 9.73. The highest BCUT2D eigenvalue weighted by Crippen LogP contribution is 2.28. The van der Waals surface area contributed by atoms with Crippen LogP contribution in [-0.4, -0.2) is 80.5 Å². The minimum atomic E-state index is -2.84. The summed E-state index contributed by atoms with van der Waals surface area (Å²) in [6.07, 6.45) is -0.495. The summed E-state index contributed by atoms with van der Waals surface area (Å²) in [6.45, 7) is 3.46. The van der Waals surface area contributed by atoms with Crippen LogP contribution in [0.2, 0.25) is 0 Å². The van der Waals surface area contributed by atoms with Gasteiger partial charge >= 0.3 is 0 Å². The summed E-state index contributed by atoms with van der Waals surface area (Å²) < 4.78 is 53.5. The summed E-state index contributed by atoms with van der Waals surface area (Å²) in [5.41, 5.74) is 1.62. The van der Waals surface area contributed by atoms with Crippen LogP contribution in [0.3, 0.4) is 0 Å². The minimum absolute atomic E-state index is 0.165. The molecule has 2 aliphatic heterocycles. The van der Waals surface area contributed by atoms with Crippen LogP contribution in [-0.2, 0) is 9.84 Å². The van der Waals surface area contributed by atoms with Gasteiger partial charge in [0.25, 0.3) is 6.43 Å². The molecule has 0 radical (unpaired) electrons. The van der Waals surface area contributed by atoms with Crippen LogP contribution >= 0.6 is 0 Å². The molecule has 2 saturated heterocycles. The second-order valence-corrected chi connectivity index (χ2v) is 9.87. The monoisotopic (exact) mass is 426 g/mol. The number of anilines is 1. The smallest absolute Gasteiger partial charge is 0.272 e. The molecule has 0 aliphatic carbocycles. The van der Waals surface area contributed by atoms with Gasteiger partial charge in [-0.05, 0) is 30.5 Å². The third-order valence-corrected chi connectivity index (χ3v) is 7.35. The van der Waals surface area contributed by atoms with Crippen molar-refractivity contribution in [3.8, 4) is 5.88 Å². The molecule has 2 aromatic rings. The summed E-state index contributed by atoms with van der Waals surface area (Å²) in [6, 6.07) is 5.69. The van der Waals surface area contributed by atoms with Gasteiger partial charge in [0.15, 0.2) is 16.4 Å². The lowest BCUT2D eigenvalue weighted by atomic mass is 10.1. The van der Waals surface area contributed by atoms with Gasteiger partial charge in [-0.25, -0.2) is 27.2 Å². The van der Waals surface area contributed by atoms with Crippen molar-refractivity contribution in [1.29, 1.82) is 0 Å². The molecule has 1 atom stereocenters. The number of benzene rings is 1. The van der Waals surface area contributed by atoms with Gasteiger partial charge in [-0.15, -0.1) is 0 Å². The number of sulfone groups is 1. The van der Waals surface area contributed by atoms with E-state index in [1.165, 1.54) is 6.33 Å². The molecule has 10 heteroatoms. The van der Waals surface area contributed by atoms with Gasteiger partial charge in [0.1, 0.15) is 6.33 Å². The van der Waals surface area contributed by atoms with Crippen molar-refractivity contribution in [2.45, 2.75) is 12.8 Å². The maximum Gasteiger partial charge on any atom is 0.272 e. The Kier molecular flexibility index (Phi) is 5.82. The standard InChI is InChI=1S/C19H24F2N4O3S/c20-18(21)11-28-19-16-9-15(1-2-17(16)22-13-23-19)25-6-4-24(5-7-25)10-14-3-8-29(26,27)12-14/h1-2,9,13-14,18H,3-8,10-12H2. The van der Waals surface area contributed by atoms with Gasteiger partial charge in [0.2, 0.25) is 5.88 Å². The molecular formula is C19H24F2N4O3S. The number of piperazine rings is 1. The fraction of sp³-hybridized carbons (Fsp3) is 0.579. The molecule has 2 fully saturated rings. The first kappa shape index (κ1) is 20.2. The van der Waals surface area contributed by atoms with Crippen molar-refractivity contribution in [3.63, 3.8) is 0 Å². The average molecular weight is 426 g/mol. The summed E-state index contributed by atoms with van der Waals surface area (Å²) in [5, 5.41) is 0.615. The van der Waals surface area contributed by atoms with Crippen molar-refractivity contribution in [3.05, 3.63) is 24.5 Å². The Balaban J connectivity index is 1.41. The summed E-state index contributed by atoms with van der Waals surface area (Å²) in [5.74, 6) is 1.02. The molecular weight excluding hydrogens is 402 g/mol. The van der Waals surface area contributed by atoms with Gasteiger partial charge in [-0.1, -0.05) is 0 Å². The topological polar surface area (TPSA) is 75.6 Å². The van der Waals surface area contributed by atoms with E-state index in [4.69, 9.17) is 4.74 Å². The zero-order valence-corrected chi connectivity index (χ0v) is 16.8. The van der Waals surface area contributed by atoms with E-state index in [0.29, 0.717) is 22.4 Å². The third-order valence-electron chi connectivity index (χ3n) is 5.51. The van der Waals surface area contributed by atoms with Crippen molar-refractivity contribution in [1.82, 2.24) is 14.9 Å². The number of hydrogen-bond acceptors (Lipinski definition) is 7. The van der Waals surface area contributed by atoms with Crippen molar-refractivity contribution >= 4 is 26.4 Å². The Labute approximate surface area is 168 Å². The SMILES string of the molecule is O=S1(=O)CCC(CN2CCN(c3ccc4ncnc(OCC(F)F)c4c3)CC2)C1. The highest BCUT2D eigenvalue weighted by molar-refractivity contribution is 7.91. The molecule has 2 aliphatic rings. The molecule has 3 heterocycles. The number of nitrogens with zero attached hydrogens (tertiary/aromatic N) is 4. The predicted molar refractivity (Wildman–Crippen MR) is 106 cm³/mol. The summed E-state index contributed by atoms with van der Waals surface area (Å²) in [4.78, 5) is 12.7. The molecule has 1 aromatic carbocycles. The van der Waals surface area contributed by atoms with E-state index in [9.17, 15) is 17.2 Å². The molecule has 4 rings (SSSR count).